The minimum Gasteiger partial charge on any atom is -0.462 e. The Bertz CT molecular complexity index is 1230. The Balaban J connectivity index is 1.98. The van der Waals surface area contributed by atoms with Gasteiger partial charge in [-0.3, -0.25) is 4.79 Å². The highest BCUT2D eigenvalue weighted by Crippen LogP contribution is 2.39. The van der Waals surface area contributed by atoms with Crippen LogP contribution in [-0.4, -0.2) is 22.8 Å². The number of ether oxygens (including phenoxy) is 1. The Morgan fingerprint density at radius 3 is 2.54 bits per heavy atom. The lowest BCUT2D eigenvalue weighted by Gasteiger charge is -2.04. The van der Waals surface area contributed by atoms with Crippen LogP contribution in [0.1, 0.15) is 43.6 Å². The van der Waals surface area contributed by atoms with Gasteiger partial charge >= 0.3 is 5.97 Å². The van der Waals surface area contributed by atoms with Gasteiger partial charge in [0.05, 0.1) is 27.2 Å². The second-order valence-electron chi connectivity index (χ2n) is 6.62. The van der Waals surface area contributed by atoms with Gasteiger partial charge in [-0.1, -0.05) is 11.6 Å². The smallest absolute Gasteiger partial charge is 0.341 e. The van der Waals surface area contributed by atoms with Crippen LogP contribution in [0.2, 0.25) is 5.02 Å². The molecule has 28 heavy (non-hydrogen) atoms. The molecule has 3 heterocycles. The summed E-state index contributed by atoms with van der Waals surface area (Å²) < 4.78 is 8.05. The second-order valence-corrected chi connectivity index (χ2v) is 8.08. The molecule has 0 saturated heterocycles. The third-order valence-electron chi connectivity index (χ3n) is 4.74. The summed E-state index contributed by atoms with van der Waals surface area (Å²) in [5.41, 5.74) is 4.67. The summed E-state index contributed by atoms with van der Waals surface area (Å²) in [6.45, 7) is 5.99. The Morgan fingerprint density at radius 2 is 1.86 bits per heavy atom. The third-order valence-corrected chi connectivity index (χ3v) is 6.29. The first-order valence-electron chi connectivity index (χ1n) is 8.93. The molecule has 0 fully saturated rings. The lowest BCUT2D eigenvalue weighted by Crippen LogP contribution is -2.04. The van der Waals surface area contributed by atoms with Crippen LogP contribution in [0.5, 0.6) is 0 Å². The van der Waals surface area contributed by atoms with Crippen molar-refractivity contribution in [3.05, 3.63) is 74.7 Å². The van der Waals surface area contributed by atoms with E-state index < -0.39 is 0 Å². The van der Waals surface area contributed by atoms with Gasteiger partial charge in [-0.2, -0.15) is 0 Å². The number of rotatable bonds is 4. The van der Waals surface area contributed by atoms with Crippen molar-refractivity contribution in [3.63, 3.8) is 0 Å². The zero-order valence-corrected chi connectivity index (χ0v) is 17.3. The fourth-order valence-corrected chi connectivity index (χ4v) is 4.85. The highest BCUT2D eigenvalue weighted by Gasteiger charge is 2.26. The van der Waals surface area contributed by atoms with E-state index in [1.165, 1.54) is 11.3 Å². The van der Waals surface area contributed by atoms with Gasteiger partial charge < -0.3 is 9.14 Å². The number of fused-ring (bicyclic) bond motifs is 3. The molecule has 3 aromatic heterocycles. The maximum Gasteiger partial charge on any atom is 0.341 e. The van der Waals surface area contributed by atoms with Crippen molar-refractivity contribution in [1.82, 2.24) is 4.40 Å². The topological polar surface area (TPSA) is 47.8 Å². The molecule has 4 rings (SSSR count). The number of ketones is 1. The molecule has 6 heteroatoms. The average molecular weight is 412 g/mol. The van der Waals surface area contributed by atoms with Crippen LogP contribution in [0.25, 0.3) is 15.7 Å². The largest absolute Gasteiger partial charge is 0.462 e. The van der Waals surface area contributed by atoms with E-state index in [2.05, 4.69) is 0 Å². The Labute approximate surface area is 171 Å². The van der Waals surface area contributed by atoms with E-state index in [1.807, 2.05) is 36.6 Å². The number of carbonyl (C=O) groups is 2. The molecule has 0 radical (unpaired) electrons. The minimum absolute atomic E-state index is 0.0777. The number of aromatic nitrogens is 1. The molecule has 0 saturated carbocycles. The van der Waals surface area contributed by atoms with Gasteiger partial charge in [0, 0.05) is 16.8 Å². The fourth-order valence-electron chi connectivity index (χ4n) is 3.42. The van der Waals surface area contributed by atoms with E-state index in [4.69, 9.17) is 16.3 Å². The molecule has 0 unspecified atom stereocenters. The summed E-state index contributed by atoms with van der Waals surface area (Å²) in [7, 11) is 0. The van der Waals surface area contributed by atoms with Crippen molar-refractivity contribution in [2.45, 2.75) is 20.8 Å². The molecule has 0 aliphatic rings. The molecule has 0 aliphatic carbocycles. The number of carbonyl (C=O) groups excluding carboxylic acids is 2. The maximum absolute atomic E-state index is 13.1. The summed E-state index contributed by atoms with van der Waals surface area (Å²) in [5, 5.41) is 0.583. The highest BCUT2D eigenvalue weighted by molar-refractivity contribution is 7.21. The van der Waals surface area contributed by atoms with E-state index in [0.29, 0.717) is 27.6 Å². The van der Waals surface area contributed by atoms with Crippen LogP contribution in [0, 0.1) is 13.8 Å². The summed E-state index contributed by atoms with van der Waals surface area (Å²) in [5.74, 6) is -0.446. The molecule has 0 bridgehead atoms. The number of hydrogen-bond acceptors (Lipinski definition) is 4. The van der Waals surface area contributed by atoms with E-state index in [0.717, 1.165) is 26.9 Å². The quantitative estimate of drug-likeness (QED) is 0.313. The van der Waals surface area contributed by atoms with Crippen molar-refractivity contribution in [3.8, 4) is 0 Å². The lowest BCUT2D eigenvalue weighted by molar-refractivity contribution is 0.0531. The number of thiophene rings is 1. The van der Waals surface area contributed by atoms with Gasteiger partial charge in [-0.15, -0.1) is 11.3 Å². The zero-order valence-electron chi connectivity index (χ0n) is 15.7. The SMILES string of the molecule is CCOC(=O)c1c2sc(C(=O)c3ccc(Cl)cc3)c(C)c2n2ccc(C)cc12. The van der Waals surface area contributed by atoms with Crippen molar-refractivity contribution in [2.24, 2.45) is 0 Å². The van der Waals surface area contributed by atoms with Crippen molar-refractivity contribution in [1.29, 1.82) is 0 Å². The monoisotopic (exact) mass is 411 g/mol. The first kappa shape index (κ1) is 18.7. The number of hydrogen-bond donors (Lipinski definition) is 0. The minimum atomic E-state index is -0.368. The van der Waals surface area contributed by atoms with E-state index in [9.17, 15) is 9.59 Å². The second kappa shape index (κ2) is 7.08. The number of aryl methyl sites for hydroxylation is 2. The van der Waals surface area contributed by atoms with Gasteiger partial charge in [-0.05, 0) is 68.3 Å². The molecule has 0 aliphatic heterocycles. The van der Waals surface area contributed by atoms with Crippen molar-refractivity contribution >= 4 is 50.4 Å². The van der Waals surface area contributed by atoms with Crippen LogP contribution in [0.3, 0.4) is 0 Å². The molecular formula is C22H18ClNO3S. The number of pyridine rings is 1. The van der Waals surface area contributed by atoms with Crippen LogP contribution in [0.4, 0.5) is 0 Å². The van der Waals surface area contributed by atoms with E-state index in [1.54, 1.807) is 31.2 Å². The van der Waals surface area contributed by atoms with Crippen LogP contribution in [0.15, 0.2) is 42.6 Å². The summed E-state index contributed by atoms with van der Waals surface area (Å²) in [6, 6.07) is 10.8. The predicted octanol–water partition coefficient (Wildman–Crippen LogP) is 5.83. The first-order chi connectivity index (χ1) is 13.4. The van der Waals surface area contributed by atoms with E-state index in [-0.39, 0.29) is 11.8 Å². The highest BCUT2D eigenvalue weighted by atomic mass is 35.5. The average Bonchev–Trinajstić information content (AvgIpc) is 3.16. The molecule has 0 amide bonds. The third kappa shape index (κ3) is 2.91. The molecule has 0 spiro atoms. The number of benzene rings is 1. The summed E-state index contributed by atoms with van der Waals surface area (Å²) in [6.07, 6.45) is 1.94. The lowest BCUT2D eigenvalue weighted by atomic mass is 10.1. The standard InChI is InChI=1S/C22H18ClNO3S/c1-4-27-22(26)17-16-11-12(2)9-10-24(16)18-13(3)20(28-21(17)18)19(25)14-5-7-15(23)8-6-14/h5-11H,4H2,1-3H3. The Kier molecular flexibility index (Phi) is 4.73. The van der Waals surface area contributed by atoms with Gasteiger partial charge in [0.2, 0.25) is 5.78 Å². The first-order valence-corrected chi connectivity index (χ1v) is 10.1. The Hall–Kier alpha value is -2.63. The number of esters is 1. The van der Waals surface area contributed by atoms with Crippen LogP contribution >= 0.6 is 22.9 Å². The van der Waals surface area contributed by atoms with Gasteiger partial charge in [0.15, 0.2) is 0 Å². The van der Waals surface area contributed by atoms with E-state index >= 15 is 0 Å². The van der Waals surface area contributed by atoms with Gasteiger partial charge in [0.25, 0.3) is 0 Å². The number of nitrogens with zero attached hydrogens (tertiary/aromatic N) is 1. The van der Waals surface area contributed by atoms with Crippen LogP contribution < -0.4 is 0 Å². The molecule has 0 N–H and O–H groups in total. The molecular weight excluding hydrogens is 394 g/mol. The van der Waals surface area contributed by atoms with Crippen molar-refractivity contribution in [2.75, 3.05) is 6.61 Å². The predicted molar refractivity (Wildman–Crippen MR) is 113 cm³/mol. The molecule has 0 atom stereocenters. The number of halogens is 1. The Morgan fingerprint density at radius 1 is 1.14 bits per heavy atom. The normalized spacial score (nSPS) is 11.3. The summed E-state index contributed by atoms with van der Waals surface area (Å²) >= 11 is 7.28. The molecule has 1 aromatic carbocycles. The van der Waals surface area contributed by atoms with Gasteiger partial charge in [-0.25, -0.2) is 4.79 Å². The van der Waals surface area contributed by atoms with Crippen LogP contribution in [-0.2, 0) is 4.74 Å². The zero-order chi connectivity index (χ0) is 20.0. The molecule has 142 valence electrons. The van der Waals surface area contributed by atoms with Gasteiger partial charge in [0.1, 0.15) is 5.56 Å². The summed E-state index contributed by atoms with van der Waals surface area (Å²) in [4.78, 5) is 26.4. The fraction of sp³-hybridized carbons (Fsp3) is 0.182. The maximum atomic E-state index is 13.1. The van der Waals surface area contributed by atoms with Crippen molar-refractivity contribution < 1.29 is 14.3 Å². The molecule has 4 nitrogen and oxygen atoms in total. The molecule has 4 aromatic rings.